The van der Waals surface area contributed by atoms with Crippen molar-refractivity contribution < 1.29 is 19.0 Å². The Hall–Kier alpha value is -1.79. The minimum absolute atomic E-state index is 0.0717. The van der Waals surface area contributed by atoms with Gasteiger partial charge >= 0.3 is 0 Å². The summed E-state index contributed by atoms with van der Waals surface area (Å²) in [4.78, 5) is 16.2. The van der Waals surface area contributed by atoms with Crippen molar-refractivity contribution in [3.8, 4) is 11.5 Å². The molecule has 0 radical (unpaired) electrons. The third kappa shape index (κ3) is 2.66. The topological polar surface area (TPSA) is 51.2 Å². The molecule has 0 aliphatic carbocycles. The second-order valence-electron chi connectivity index (χ2n) is 6.65. The van der Waals surface area contributed by atoms with Gasteiger partial charge in [-0.2, -0.15) is 0 Å². The van der Waals surface area contributed by atoms with Gasteiger partial charge in [0.2, 0.25) is 6.79 Å². The standard InChI is InChI=1S/C17H22N2O4/c1-18(2)17(20)16-8-12-13(23-16)5-6-19(12)9-11-3-4-14-15(7-11)22-10-21-14/h3-4,7,12-13,16H,5-6,8-10H2,1-2H3/t12-,13-,16+/m1/s1. The van der Waals surface area contributed by atoms with Gasteiger partial charge in [0.25, 0.3) is 5.91 Å². The Kier molecular flexibility index (Phi) is 3.66. The fraction of sp³-hybridized carbons (Fsp3) is 0.588. The Balaban J connectivity index is 1.43. The van der Waals surface area contributed by atoms with E-state index in [0.29, 0.717) is 12.8 Å². The minimum Gasteiger partial charge on any atom is -0.454 e. The zero-order valence-corrected chi connectivity index (χ0v) is 13.5. The number of hydrogen-bond donors (Lipinski definition) is 0. The molecule has 4 rings (SSSR count). The van der Waals surface area contributed by atoms with Crippen LogP contribution < -0.4 is 9.47 Å². The Labute approximate surface area is 135 Å². The lowest BCUT2D eigenvalue weighted by molar-refractivity contribution is -0.140. The average Bonchev–Trinajstić information content (AvgIpc) is 3.22. The van der Waals surface area contributed by atoms with E-state index in [0.717, 1.165) is 37.4 Å². The number of likely N-dealkylation sites (N-methyl/N-ethyl adjacent to an activating group) is 1. The highest BCUT2D eigenvalue weighted by Crippen LogP contribution is 2.36. The third-order valence-corrected chi connectivity index (χ3v) is 4.93. The van der Waals surface area contributed by atoms with Gasteiger partial charge in [0.15, 0.2) is 11.5 Å². The molecule has 0 bridgehead atoms. The van der Waals surface area contributed by atoms with Crippen molar-refractivity contribution in [2.24, 2.45) is 0 Å². The average molecular weight is 318 g/mol. The van der Waals surface area contributed by atoms with E-state index in [2.05, 4.69) is 11.0 Å². The van der Waals surface area contributed by atoms with Crippen LogP contribution in [0.2, 0.25) is 0 Å². The predicted octanol–water partition coefficient (Wildman–Crippen LogP) is 1.24. The molecule has 3 aliphatic heterocycles. The number of rotatable bonds is 3. The highest BCUT2D eigenvalue weighted by atomic mass is 16.7. The van der Waals surface area contributed by atoms with E-state index < -0.39 is 0 Å². The lowest BCUT2D eigenvalue weighted by Crippen LogP contribution is -2.35. The van der Waals surface area contributed by atoms with Crippen LogP contribution in [0.3, 0.4) is 0 Å². The van der Waals surface area contributed by atoms with E-state index in [9.17, 15) is 4.79 Å². The molecule has 124 valence electrons. The molecular formula is C17H22N2O4. The molecule has 0 aromatic heterocycles. The highest BCUT2D eigenvalue weighted by molar-refractivity contribution is 5.80. The van der Waals surface area contributed by atoms with Crippen LogP contribution in [0.15, 0.2) is 18.2 Å². The van der Waals surface area contributed by atoms with Gasteiger partial charge in [-0.1, -0.05) is 6.07 Å². The van der Waals surface area contributed by atoms with E-state index in [4.69, 9.17) is 14.2 Å². The molecule has 1 amide bonds. The molecule has 3 atom stereocenters. The summed E-state index contributed by atoms with van der Waals surface area (Å²) in [6, 6.07) is 6.43. The van der Waals surface area contributed by atoms with Gasteiger partial charge in [0, 0.05) is 39.6 Å². The number of benzene rings is 1. The molecule has 3 heterocycles. The van der Waals surface area contributed by atoms with Gasteiger partial charge in [-0.15, -0.1) is 0 Å². The van der Waals surface area contributed by atoms with Gasteiger partial charge in [-0.3, -0.25) is 9.69 Å². The van der Waals surface area contributed by atoms with Crippen molar-refractivity contribution in [2.45, 2.75) is 37.6 Å². The molecule has 1 aromatic rings. The molecule has 23 heavy (non-hydrogen) atoms. The van der Waals surface area contributed by atoms with Gasteiger partial charge < -0.3 is 19.1 Å². The van der Waals surface area contributed by atoms with E-state index in [1.54, 1.807) is 19.0 Å². The Morgan fingerprint density at radius 1 is 1.30 bits per heavy atom. The van der Waals surface area contributed by atoms with Gasteiger partial charge in [-0.25, -0.2) is 0 Å². The summed E-state index contributed by atoms with van der Waals surface area (Å²) in [5.74, 6) is 1.71. The molecule has 0 saturated carbocycles. The minimum atomic E-state index is -0.292. The van der Waals surface area contributed by atoms with Crippen molar-refractivity contribution in [1.29, 1.82) is 0 Å². The Morgan fingerprint density at radius 2 is 2.13 bits per heavy atom. The number of carbonyl (C=O) groups excluding carboxylic acids is 1. The first-order chi connectivity index (χ1) is 11.1. The molecule has 0 unspecified atom stereocenters. The summed E-state index contributed by atoms with van der Waals surface area (Å²) >= 11 is 0. The molecule has 6 heteroatoms. The predicted molar refractivity (Wildman–Crippen MR) is 83.4 cm³/mol. The first-order valence-electron chi connectivity index (χ1n) is 8.11. The highest BCUT2D eigenvalue weighted by Gasteiger charge is 2.45. The molecule has 0 spiro atoms. The van der Waals surface area contributed by atoms with E-state index in [1.807, 2.05) is 12.1 Å². The van der Waals surface area contributed by atoms with E-state index in [1.165, 1.54) is 5.56 Å². The number of ether oxygens (including phenoxy) is 3. The van der Waals surface area contributed by atoms with E-state index in [-0.39, 0.29) is 18.1 Å². The van der Waals surface area contributed by atoms with Gasteiger partial charge in [0.05, 0.1) is 6.10 Å². The molecule has 3 aliphatic rings. The molecular weight excluding hydrogens is 296 g/mol. The first-order valence-corrected chi connectivity index (χ1v) is 8.11. The quantitative estimate of drug-likeness (QED) is 0.839. The van der Waals surface area contributed by atoms with E-state index >= 15 is 0 Å². The lowest BCUT2D eigenvalue weighted by atomic mass is 10.1. The largest absolute Gasteiger partial charge is 0.454 e. The lowest BCUT2D eigenvalue weighted by Gasteiger charge is -2.23. The molecule has 1 aromatic carbocycles. The maximum atomic E-state index is 12.1. The first kappa shape index (κ1) is 14.8. The fourth-order valence-electron chi connectivity index (χ4n) is 3.75. The Morgan fingerprint density at radius 3 is 2.96 bits per heavy atom. The summed E-state index contributed by atoms with van der Waals surface area (Å²) in [5.41, 5.74) is 1.21. The van der Waals surface area contributed by atoms with Crippen LogP contribution in [0.5, 0.6) is 11.5 Å². The maximum absolute atomic E-state index is 12.1. The number of amides is 1. The summed E-state index contributed by atoms with van der Waals surface area (Å²) in [6.07, 6.45) is 1.66. The second-order valence-corrected chi connectivity index (χ2v) is 6.65. The van der Waals surface area contributed by atoms with Crippen LogP contribution in [0, 0.1) is 0 Å². The van der Waals surface area contributed by atoms with Gasteiger partial charge in [0.1, 0.15) is 6.10 Å². The number of fused-ring (bicyclic) bond motifs is 2. The summed E-state index contributed by atoms with van der Waals surface area (Å²) in [7, 11) is 3.56. The monoisotopic (exact) mass is 318 g/mol. The number of hydrogen-bond acceptors (Lipinski definition) is 5. The zero-order chi connectivity index (χ0) is 16.0. The van der Waals surface area contributed by atoms with Crippen LogP contribution in [0.4, 0.5) is 0 Å². The summed E-state index contributed by atoms with van der Waals surface area (Å²) in [5, 5.41) is 0. The molecule has 0 N–H and O–H groups in total. The zero-order valence-electron chi connectivity index (χ0n) is 13.5. The van der Waals surface area contributed by atoms with Crippen LogP contribution in [-0.4, -0.2) is 61.4 Å². The maximum Gasteiger partial charge on any atom is 0.251 e. The van der Waals surface area contributed by atoms with Gasteiger partial charge in [-0.05, 0) is 24.1 Å². The molecule has 2 saturated heterocycles. The SMILES string of the molecule is CN(C)C(=O)[C@@H]1C[C@@H]2[C@@H](CCN2Cc2ccc3c(c2)OCO3)O1. The molecule has 6 nitrogen and oxygen atoms in total. The van der Waals surface area contributed by atoms with Crippen molar-refractivity contribution >= 4 is 5.91 Å². The van der Waals surface area contributed by atoms with Crippen LogP contribution in [0.1, 0.15) is 18.4 Å². The molecule has 2 fully saturated rings. The van der Waals surface area contributed by atoms with Crippen LogP contribution in [0.25, 0.3) is 0 Å². The van der Waals surface area contributed by atoms with Crippen molar-refractivity contribution in [3.63, 3.8) is 0 Å². The second kappa shape index (κ2) is 5.69. The Bertz CT molecular complexity index is 619. The van der Waals surface area contributed by atoms with Crippen LogP contribution >= 0.6 is 0 Å². The van der Waals surface area contributed by atoms with Crippen molar-refractivity contribution in [2.75, 3.05) is 27.4 Å². The van der Waals surface area contributed by atoms with Crippen molar-refractivity contribution in [1.82, 2.24) is 9.80 Å². The summed E-state index contributed by atoms with van der Waals surface area (Å²) in [6.45, 7) is 2.16. The number of nitrogens with zero attached hydrogens (tertiary/aromatic N) is 2. The van der Waals surface area contributed by atoms with Crippen LogP contribution in [-0.2, 0) is 16.1 Å². The summed E-state index contributed by atoms with van der Waals surface area (Å²) < 4.78 is 16.8. The smallest absolute Gasteiger partial charge is 0.251 e. The number of likely N-dealkylation sites (tertiary alicyclic amines) is 1. The van der Waals surface area contributed by atoms with Crippen molar-refractivity contribution in [3.05, 3.63) is 23.8 Å². The number of carbonyl (C=O) groups is 1. The third-order valence-electron chi connectivity index (χ3n) is 4.93. The fourth-order valence-corrected chi connectivity index (χ4v) is 3.75. The normalized spacial score (nSPS) is 28.9.